The molecular weight excluding hydrogens is 377 g/mol. The molecule has 4 rings (SSSR count). The zero-order valence-corrected chi connectivity index (χ0v) is 16.9. The highest BCUT2D eigenvalue weighted by Crippen LogP contribution is 2.38. The summed E-state index contributed by atoms with van der Waals surface area (Å²) >= 11 is 1.70. The highest BCUT2D eigenvalue weighted by molar-refractivity contribution is 7.10. The molecule has 0 saturated heterocycles. The third kappa shape index (κ3) is 3.63. The summed E-state index contributed by atoms with van der Waals surface area (Å²) in [7, 11) is 3.42. The third-order valence-corrected chi connectivity index (χ3v) is 6.39. The van der Waals surface area contributed by atoms with Crippen molar-refractivity contribution in [3.05, 3.63) is 57.5 Å². The van der Waals surface area contributed by atoms with Crippen molar-refractivity contribution < 1.29 is 14.0 Å². The Hall–Kier alpha value is -2.41. The number of fused-ring (bicyclic) bond motifs is 1. The number of nitrogens with zero attached hydrogens (tertiary/aromatic N) is 3. The summed E-state index contributed by atoms with van der Waals surface area (Å²) in [5.41, 5.74) is 2.00. The molecule has 0 radical (unpaired) electrons. The van der Waals surface area contributed by atoms with E-state index in [2.05, 4.69) is 6.07 Å². The molecular formula is C21H24FN3O2S. The van der Waals surface area contributed by atoms with E-state index in [0.717, 1.165) is 30.4 Å². The quantitative estimate of drug-likeness (QED) is 0.787. The maximum atomic E-state index is 13.5. The second-order valence-corrected chi connectivity index (χ2v) is 8.63. The van der Waals surface area contributed by atoms with Crippen LogP contribution in [0.3, 0.4) is 0 Å². The number of rotatable bonds is 4. The maximum Gasteiger partial charge on any atom is 0.320 e. The summed E-state index contributed by atoms with van der Waals surface area (Å²) in [5, 5.41) is 2.04. The first kappa shape index (κ1) is 18.9. The van der Waals surface area contributed by atoms with Crippen LogP contribution in [0.1, 0.15) is 34.9 Å². The van der Waals surface area contributed by atoms with E-state index in [4.69, 9.17) is 0 Å². The van der Waals surface area contributed by atoms with Crippen LogP contribution in [0.2, 0.25) is 0 Å². The number of carbonyl (C=O) groups is 2. The second-order valence-electron chi connectivity index (χ2n) is 7.63. The van der Waals surface area contributed by atoms with E-state index in [1.165, 1.54) is 21.9 Å². The first-order valence-corrected chi connectivity index (χ1v) is 10.4. The zero-order chi connectivity index (χ0) is 19.8. The Morgan fingerprint density at radius 2 is 1.89 bits per heavy atom. The molecule has 2 aliphatic rings. The van der Waals surface area contributed by atoms with Crippen molar-refractivity contribution in [2.45, 2.75) is 31.3 Å². The van der Waals surface area contributed by atoms with Crippen LogP contribution < -0.4 is 0 Å². The lowest BCUT2D eigenvalue weighted by Gasteiger charge is -2.38. The molecule has 1 aliphatic carbocycles. The SMILES string of the molecule is CN(C)C(=O)N(CC(=O)N1CCc2sccc2[C@@H]1c1ccc(F)cc1)C1CC1. The molecule has 2 aromatic rings. The van der Waals surface area contributed by atoms with Gasteiger partial charge in [0.2, 0.25) is 5.91 Å². The van der Waals surface area contributed by atoms with Gasteiger partial charge in [0.05, 0.1) is 6.04 Å². The average molecular weight is 402 g/mol. The van der Waals surface area contributed by atoms with E-state index in [1.54, 1.807) is 42.5 Å². The number of benzene rings is 1. The van der Waals surface area contributed by atoms with E-state index in [1.807, 2.05) is 10.3 Å². The lowest BCUT2D eigenvalue weighted by atomic mass is 9.93. The molecule has 5 nitrogen and oxygen atoms in total. The van der Waals surface area contributed by atoms with Crippen molar-refractivity contribution in [2.24, 2.45) is 0 Å². The first-order valence-electron chi connectivity index (χ1n) is 9.55. The van der Waals surface area contributed by atoms with Crippen molar-refractivity contribution in [1.29, 1.82) is 0 Å². The van der Waals surface area contributed by atoms with Gasteiger partial charge in [-0.15, -0.1) is 11.3 Å². The number of hydrogen-bond acceptors (Lipinski definition) is 3. The van der Waals surface area contributed by atoms with Crippen molar-refractivity contribution in [3.8, 4) is 0 Å². The molecule has 1 atom stereocenters. The standard InChI is InChI=1S/C21H24FN3O2S/c1-23(2)21(27)25(16-7-8-16)13-19(26)24-11-9-18-17(10-12-28-18)20(24)14-3-5-15(22)6-4-14/h3-6,10,12,16,20H,7-9,11,13H2,1-2H3/t20-/m0/s1. The fraction of sp³-hybridized carbons (Fsp3) is 0.429. The monoisotopic (exact) mass is 401 g/mol. The van der Waals surface area contributed by atoms with Crippen LogP contribution >= 0.6 is 11.3 Å². The van der Waals surface area contributed by atoms with E-state index in [9.17, 15) is 14.0 Å². The van der Waals surface area contributed by atoms with Crippen LogP contribution in [0.15, 0.2) is 35.7 Å². The minimum Gasteiger partial charge on any atom is -0.331 e. The molecule has 1 aromatic heterocycles. The van der Waals surface area contributed by atoms with Crippen LogP contribution in [0, 0.1) is 5.82 Å². The highest BCUT2D eigenvalue weighted by Gasteiger charge is 2.38. The van der Waals surface area contributed by atoms with Gasteiger partial charge in [-0.25, -0.2) is 9.18 Å². The van der Waals surface area contributed by atoms with Gasteiger partial charge in [0.1, 0.15) is 12.4 Å². The van der Waals surface area contributed by atoms with Gasteiger partial charge >= 0.3 is 6.03 Å². The number of urea groups is 1. The Labute approximate surface area is 168 Å². The Morgan fingerprint density at radius 3 is 2.54 bits per heavy atom. The average Bonchev–Trinajstić information content (AvgIpc) is 3.41. The fourth-order valence-corrected chi connectivity index (χ4v) is 4.73. The Balaban J connectivity index is 1.62. The van der Waals surface area contributed by atoms with Gasteiger partial charge in [-0.05, 0) is 54.0 Å². The zero-order valence-electron chi connectivity index (χ0n) is 16.1. The number of carbonyl (C=O) groups excluding carboxylic acids is 2. The third-order valence-electron chi connectivity index (χ3n) is 5.39. The topological polar surface area (TPSA) is 43.9 Å². The number of hydrogen-bond donors (Lipinski definition) is 0. The molecule has 0 unspecified atom stereocenters. The molecule has 148 valence electrons. The molecule has 7 heteroatoms. The Kier molecular flexibility index (Phi) is 5.10. The Bertz CT molecular complexity index is 876. The number of thiophene rings is 1. The molecule has 0 bridgehead atoms. The summed E-state index contributed by atoms with van der Waals surface area (Å²) in [6.07, 6.45) is 2.70. The lowest BCUT2D eigenvalue weighted by molar-refractivity contribution is -0.134. The van der Waals surface area contributed by atoms with Gasteiger partial charge in [0, 0.05) is 31.6 Å². The maximum absolute atomic E-state index is 13.5. The van der Waals surface area contributed by atoms with Crippen molar-refractivity contribution in [1.82, 2.24) is 14.7 Å². The molecule has 1 fully saturated rings. The summed E-state index contributed by atoms with van der Waals surface area (Å²) in [5.74, 6) is -0.354. The van der Waals surface area contributed by atoms with Gasteiger partial charge < -0.3 is 14.7 Å². The van der Waals surface area contributed by atoms with E-state index >= 15 is 0 Å². The molecule has 1 aliphatic heterocycles. The molecule has 3 amide bonds. The van der Waals surface area contributed by atoms with E-state index in [0.29, 0.717) is 6.54 Å². The number of halogens is 1. The molecule has 1 aromatic carbocycles. The van der Waals surface area contributed by atoms with Crippen LogP contribution in [-0.4, -0.2) is 59.9 Å². The summed E-state index contributed by atoms with van der Waals surface area (Å²) in [6, 6.07) is 8.21. The summed E-state index contributed by atoms with van der Waals surface area (Å²) in [4.78, 5) is 32.1. The molecule has 2 heterocycles. The second kappa shape index (κ2) is 7.54. The predicted molar refractivity (Wildman–Crippen MR) is 107 cm³/mol. The largest absolute Gasteiger partial charge is 0.331 e. The smallest absolute Gasteiger partial charge is 0.320 e. The van der Waals surface area contributed by atoms with E-state index < -0.39 is 0 Å². The molecule has 0 spiro atoms. The van der Waals surface area contributed by atoms with Crippen LogP contribution in [0.25, 0.3) is 0 Å². The molecule has 28 heavy (non-hydrogen) atoms. The first-order chi connectivity index (χ1) is 13.5. The Morgan fingerprint density at radius 1 is 1.18 bits per heavy atom. The summed E-state index contributed by atoms with van der Waals surface area (Å²) in [6.45, 7) is 0.682. The van der Waals surface area contributed by atoms with Gasteiger partial charge in [-0.1, -0.05) is 12.1 Å². The normalized spacial score (nSPS) is 18.5. The van der Waals surface area contributed by atoms with Gasteiger partial charge in [-0.2, -0.15) is 0 Å². The van der Waals surface area contributed by atoms with Gasteiger partial charge in [0.15, 0.2) is 0 Å². The van der Waals surface area contributed by atoms with Crippen molar-refractivity contribution >= 4 is 23.3 Å². The lowest BCUT2D eigenvalue weighted by Crippen LogP contribution is -2.49. The predicted octanol–water partition coefficient (Wildman–Crippen LogP) is 3.51. The van der Waals surface area contributed by atoms with Crippen molar-refractivity contribution in [2.75, 3.05) is 27.2 Å². The minimum atomic E-state index is -0.292. The van der Waals surface area contributed by atoms with Crippen LogP contribution in [0.4, 0.5) is 9.18 Å². The molecule has 0 N–H and O–H groups in total. The fourth-order valence-electron chi connectivity index (χ4n) is 3.82. The van der Waals surface area contributed by atoms with Crippen molar-refractivity contribution in [3.63, 3.8) is 0 Å². The van der Waals surface area contributed by atoms with E-state index in [-0.39, 0.29) is 36.4 Å². The summed E-state index contributed by atoms with van der Waals surface area (Å²) < 4.78 is 13.5. The minimum absolute atomic E-state index is 0.0618. The van der Waals surface area contributed by atoms with Gasteiger partial charge in [-0.3, -0.25) is 4.79 Å². The van der Waals surface area contributed by atoms with Crippen LogP contribution in [0.5, 0.6) is 0 Å². The van der Waals surface area contributed by atoms with Gasteiger partial charge in [0.25, 0.3) is 0 Å². The molecule has 1 saturated carbocycles. The number of amides is 3. The highest BCUT2D eigenvalue weighted by atomic mass is 32.1. The van der Waals surface area contributed by atoms with Crippen LogP contribution in [-0.2, 0) is 11.2 Å².